The van der Waals surface area contributed by atoms with Gasteiger partial charge in [0.15, 0.2) is 11.2 Å². The molecule has 3 aromatic rings. The lowest BCUT2D eigenvalue weighted by atomic mass is 10.4. The molecule has 0 aliphatic heterocycles. The third-order valence-electron chi connectivity index (χ3n) is 3.88. The SMILES string of the molecule is CCCn1c(C)cn2c3c(=O)n(CC(=O)O)c(=O)n(C)c3nc12. The number of aromatic nitrogens is 5. The second kappa shape index (κ2) is 5.11. The Morgan fingerprint density at radius 2 is 2.00 bits per heavy atom. The van der Waals surface area contributed by atoms with E-state index >= 15 is 0 Å². The van der Waals surface area contributed by atoms with Crippen LogP contribution in [0.3, 0.4) is 0 Å². The van der Waals surface area contributed by atoms with Gasteiger partial charge in [-0.15, -0.1) is 0 Å². The smallest absolute Gasteiger partial charge is 0.333 e. The largest absolute Gasteiger partial charge is 0.480 e. The summed E-state index contributed by atoms with van der Waals surface area (Å²) in [4.78, 5) is 40.2. The standard InChI is InChI=1S/C14H17N5O4/c1-4-5-17-8(2)6-18-10-11(15-13(17)18)16(3)14(23)19(12(10)22)7-9(20)21/h6H,4-5,7H2,1-3H3,(H,20,21). The molecule has 0 radical (unpaired) electrons. The number of imidazole rings is 2. The van der Waals surface area contributed by atoms with Crippen molar-refractivity contribution in [1.29, 1.82) is 0 Å². The molecule has 0 spiro atoms. The van der Waals surface area contributed by atoms with Gasteiger partial charge in [-0.05, 0) is 13.3 Å². The molecule has 23 heavy (non-hydrogen) atoms. The second-order valence-electron chi connectivity index (χ2n) is 5.50. The molecule has 1 N–H and O–H groups in total. The number of aliphatic carboxylic acids is 1. The van der Waals surface area contributed by atoms with E-state index in [2.05, 4.69) is 4.98 Å². The van der Waals surface area contributed by atoms with Crippen molar-refractivity contribution in [2.24, 2.45) is 7.05 Å². The van der Waals surface area contributed by atoms with Gasteiger partial charge < -0.3 is 9.67 Å². The summed E-state index contributed by atoms with van der Waals surface area (Å²) in [6.07, 6.45) is 2.67. The number of aryl methyl sites for hydroxylation is 3. The van der Waals surface area contributed by atoms with E-state index in [0.29, 0.717) is 10.3 Å². The summed E-state index contributed by atoms with van der Waals surface area (Å²) >= 11 is 0. The summed E-state index contributed by atoms with van der Waals surface area (Å²) < 4.78 is 5.51. The Labute approximate surface area is 130 Å². The van der Waals surface area contributed by atoms with E-state index in [9.17, 15) is 14.4 Å². The van der Waals surface area contributed by atoms with E-state index in [-0.39, 0.29) is 11.2 Å². The molecule has 3 aromatic heterocycles. The Hall–Kier alpha value is -2.84. The van der Waals surface area contributed by atoms with Crippen LogP contribution in [0.4, 0.5) is 0 Å². The summed E-state index contributed by atoms with van der Waals surface area (Å²) in [5.74, 6) is -0.677. The third kappa shape index (κ3) is 2.07. The van der Waals surface area contributed by atoms with Crippen LogP contribution in [-0.2, 0) is 24.9 Å². The average Bonchev–Trinajstić information content (AvgIpc) is 2.98. The normalized spacial score (nSPS) is 11.6. The highest BCUT2D eigenvalue weighted by molar-refractivity contribution is 5.76. The number of carboxylic acid groups (broad SMARTS) is 1. The van der Waals surface area contributed by atoms with Gasteiger partial charge in [0.05, 0.1) is 0 Å². The van der Waals surface area contributed by atoms with Crippen molar-refractivity contribution in [1.82, 2.24) is 23.1 Å². The zero-order valence-electron chi connectivity index (χ0n) is 13.1. The zero-order chi connectivity index (χ0) is 16.9. The molecule has 0 amide bonds. The molecule has 0 saturated carbocycles. The van der Waals surface area contributed by atoms with Gasteiger partial charge in [-0.1, -0.05) is 6.92 Å². The highest BCUT2D eigenvalue weighted by Crippen LogP contribution is 2.16. The Morgan fingerprint density at radius 1 is 1.30 bits per heavy atom. The van der Waals surface area contributed by atoms with Crippen molar-refractivity contribution in [3.05, 3.63) is 32.7 Å². The van der Waals surface area contributed by atoms with Crippen LogP contribution in [0, 0.1) is 6.92 Å². The summed E-state index contributed by atoms with van der Waals surface area (Å²) in [7, 11) is 1.48. The fourth-order valence-electron chi connectivity index (χ4n) is 2.83. The van der Waals surface area contributed by atoms with Gasteiger partial charge in [-0.3, -0.25) is 18.6 Å². The molecule has 9 heteroatoms. The molecular formula is C14H17N5O4. The quantitative estimate of drug-likeness (QED) is 0.726. The van der Waals surface area contributed by atoms with Crippen molar-refractivity contribution in [3.63, 3.8) is 0 Å². The maximum atomic E-state index is 12.6. The molecule has 0 saturated heterocycles. The number of carboxylic acids is 1. The first-order valence-corrected chi connectivity index (χ1v) is 7.26. The molecule has 0 aliphatic rings. The Balaban J connectivity index is 2.47. The lowest BCUT2D eigenvalue weighted by Gasteiger charge is -2.05. The number of carbonyl (C=O) groups is 1. The maximum absolute atomic E-state index is 12.6. The molecule has 0 bridgehead atoms. The van der Waals surface area contributed by atoms with Crippen LogP contribution in [0.5, 0.6) is 0 Å². The van der Waals surface area contributed by atoms with E-state index < -0.39 is 23.8 Å². The molecule has 0 aromatic carbocycles. The van der Waals surface area contributed by atoms with Crippen molar-refractivity contribution in [2.45, 2.75) is 33.4 Å². The van der Waals surface area contributed by atoms with Crippen LogP contribution in [0.25, 0.3) is 16.9 Å². The Morgan fingerprint density at radius 3 is 2.61 bits per heavy atom. The minimum Gasteiger partial charge on any atom is -0.480 e. The van der Waals surface area contributed by atoms with Crippen molar-refractivity contribution in [2.75, 3.05) is 0 Å². The molecule has 0 fully saturated rings. The summed E-state index contributed by atoms with van der Waals surface area (Å²) in [6.45, 7) is 4.01. The predicted molar refractivity (Wildman–Crippen MR) is 82.9 cm³/mol. The van der Waals surface area contributed by atoms with Gasteiger partial charge in [0.2, 0.25) is 5.78 Å². The first kappa shape index (κ1) is 15.1. The van der Waals surface area contributed by atoms with Gasteiger partial charge in [0.1, 0.15) is 6.54 Å². The highest BCUT2D eigenvalue weighted by atomic mass is 16.4. The predicted octanol–water partition coefficient (Wildman–Crippen LogP) is -0.0476. The third-order valence-corrected chi connectivity index (χ3v) is 3.88. The topological polar surface area (TPSA) is 104 Å². The molecule has 0 aliphatic carbocycles. The van der Waals surface area contributed by atoms with Crippen molar-refractivity contribution in [3.8, 4) is 0 Å². The first-order valence-electron chi connectivity index (χ1n) is 7.26. The molecular weight excluding hydrogens is 302 g/mol. The van der Waals surface area contributed by atoms with Crippen LogP contribution in [0.15, 0.2) is 15.8 Å². The monoisotopic (exact) mass is 319 g/mol. The Kier molecular flexibility index (Phi) is 3.35. The average molecular weight is 319 g/mol. The van der Waals surface area contributed by atoms with Crippen LogP contribution in [0.1, 0.15) is 19.0 Å². The zero-order valence-corrected chi connectivity index (χ0v) is 13.1. The highest BCUT2D eigenvalue weighted by Gasteiger charge is 2.20. The van der Waals surface area contributed by atoms with Gasteiger partial charge in [-0.2, -0.15) is 4.98 Å². The molecule has 3 rings (SSSR count). The van der Waals surface area contributed by atoms with E-state index in [4.69, 9.17) is 5.11 Å². The molecule has 9 nitrogen and oxygen atoms in total. The summed E-state index contributed by atoms with van der Waals surface area (Å²) in [6, 6.07) is 0. The van der Waals surface area contributed by atoms with E-state index in [0.717, 1.165) is 18.7 Å². The van der Waals surface area contributed by atoms with Crippen molar-refractivity contribution >= 4 is 22.9 Å². The Bertz CT molecular complexity index is 1050. The van der Waals surface area contributed by atoms with Gasteiger partial charge >= 0.3 is 11.7 Å². The summed E-state index contributed by atoms with van der Waals surface area (Å²) in [5, 5.41) is 8.93. The van der Waals surface area contributed by atoms with Crippen LogP contribution in [-0.4, -0.2) is 34.2 Å². The lowest BCUT2D eigenvalue weighted by Crippen LogP contribution is -2.41. The number of hydrogen-bond donors (Lipinski definition) is 1. The molecule has 3 heterocycles. The number of nitrogens with zero attached hydrogens (tertiary/aromatic N) is 5. The number of hydrogen-bond acceptors (Lipinski definition) is 4. The maximum Gasteiger partial charge on any atom is 0.333 e. The van der Waals surface area contributed by atoms with Gasteiger partial charge in [0.25, 0.3) is 5.56 Å². The molecule has 0 atom stereocenters. The minimum absolute atomic E-state index is 0.210. The first-order chi connectivity index (χ1) is 10.9. The fraction of sp³-hybridized carbons (Fsp3) is 0.429. The molecule has 122 valence electrons. The fourth-order valence-corrected chi connectivity index (χ4v) is 2.83. The van der Waals surface area contributed by atoms with Gasteiger partial charge in [-0.25, -0.2) is 9.36 Å². The minimum atomic E-state index is -1.25. The summed E-state index contributed by atoms with van der Waals surface area (Å²) in [5.41, 5.74) is 0.0631. The second-order valence-corrected chi connectivity index (χ2v) is 5.50. The number of rotatable bonds is 4. The molecule has 0 unspecified atom stereocenters. The van der Waals surface area contributed by atoms with Crippen LogP contribution in [0.2, 0.25) is 0 Å². The van der Waals surface area contributed by atoms with E-state index in [1.165, 1.54) is 11.6 Å². The van der Waals surface area contributed by atoms with Crippen LogP contribution < -0.4 is 11.2 Å². The van der Waals surface area contributed by atoms with E-state index in [1.807, 2.05) is 18.4 Å². The number of fused-ring (bicyclic) bond motifs is 3. The lowest BCUT2D eigenvalue weighted by molar-refractivity contribution is -0.137. The van der Waals surface area contributed by atoms with Crippen LogP contribution >= 0.6 is 0 Å². The van der Waals surface area contributed by atoms with E-state index in [1.54, 1.807) is 10.6 Å². The van der Waals surface area contributed by atoms with Crippen molar-refractivity contribution < 1.29 is 9.90 Å². The van der Waals surface area contributed by atoms with Gasteiger partial charge in [0, 0.05) is 25.5 Å².